The van der Waals surface area contributed by atoms with Gasteiger partial charge < -0.3 is 14.8 Å². The summed E-state index contributed by atoms with van der Waals surface area (Å²) in [5, 5.41) is 2.61. The van der Waals surface area contributed by atoms with Gasteiger partial charge in [-0.3, -0.25) is 4.79 Å². The second-order valence-corrected chi connectivity index (χ2v) is 8.52. The van der Waals surface area contributed by atoms with Gasteiger partial charge >= 0.3 is 0 Å². The van der Waals surface area contributed by atoms with E-state index in [0.717, 1.165) is 0 Å². The summed E-state index contributed by atoms with van der Waals surface area (Å²) in [6.07, 6.45) is 1.41. The second-order valence-electron chi connectivity index (χ2n) is 6.79. The van der Waals surface area contributed by atoms with Gasteiger partial charge in [0.15, 0.2) is 0 Å². The maximum absolute atomic E-state index is 13.0. The van der Waals surface area contributed by atoms with Crippen molar-refractivity contribution < 1.29 is 27.1 Å². The van der Waals surface area contributed by atoms with Crippen molar-refractivity contribution >= 4 is 21.6 Å². The zero-order valence-corrected chi connectivity index (χ0v) is 17.3. The Morgan fingerprint density at radius 1 is 1.14 bits per heavy atom. The van der Waals surface area contributed by atoms with Crippen molar-refractivity contribution in [1.82, 2.24) is 9.71 Å². The molecule has 2 aromatic rings. The van der Waals surface area contributed by atoms with Crippen LogP contribution in [0.15, 0.2) is 42.6 Å². The van der Waals surface area contributed by atoms with Crippen molar-refractivity contribution in [2.45, 2.75) is 25.1 Å². The molecule has 2 N–H and O–H groups in total. The molecular formula is C19H24FN3O5S. The minimum atomic E-state index is -3.84. The first-order valence-corrected chi connectivity index (χ1v) is 10.4. The van der Waals surface area contributed by atoms with Crippen molar-refractivity contribution in [3.8, 4) is 5.88 Å². The number of nitrogens with one attached hydrogen (secondary N) is 2. The minimum Gasteiger partial charge on any atom is -0.475 e. The van der Waals surface area contributed by atoms with Gasteiger partial charge in [0.25, 0.3) is 0 Å². The van der Waals surface area contributed by atoms with Crippen LogP contribution in [0.25, 0.3) is 0 Å². The maximum Gasteiger partial charge on any atom is 0.245 e. The molecule has 0 saturated carbocycles. The Hall–Kier alpha value is -2.56. The predicted octanol–water partition coefficient (Wildman–Crippen LogP) is 2.08. The number of aromatic nitrogens is 1. The largest absolute Gasteiger partial charge is 0.475 e. The summed E-state index contributed by atoms with van der Waals surface area (Å²) in [4.78, 5) is 16.6. The van der Waals surface area contributed by atoms with Crippen LogP contribution < -0.4 is 14.8 Å². The summed E-state index contributed by atoms with van der Waals surface area (Å²) in [5.74, 6) is -1.02. The number of sulfonamides is 1. The van der Waals surface area contributed by atoms with E-state index in [4.69, 9.17) is 9.47 Å². The Kier molecular flexibility index (Phi) is 7.66. The molecule has 10 heteroatoms. The number of benzene rings is 1. The van der Waals surface area contributed by atoms with Crippen molar-refractivity contribution in [3.05, 3.63) is 54.0 Å². The van der Waals surface area contributed by atoms with Gasteiger partial charge in [-0.05, 0) is 37.6 Å². The van der Waals surface area contributed by atoms with E-state index < -0.39 is 27.3 Å². The fourth-order valence-corrected chi connectivity index (χ4v) is 3.90. The standard InChI is InChI=1S/C19H24FN3O5S/c1-19(2,23-29(25,26)13-14-4-6-15(20)7-5-14)18(24)22-16-8-9-17(21-12-16)28-11-10-27-3/h4-9,12,23H,10-11,13H2,1-3H3,(H,22,24). The molecule has 0 saturated heterocycles. The first-order valence-electron chi connectivity index (χ1n) is 8.77. The number of methoxy groups -OCH3 is 1. The molecule has 8 nitrogen and oxygen atoms in total. The summed E-state index contributed by atoms with van der Waals surface area (Å²) in [6, 6.07) is 8.29. The molecule has 0 spiro atoms. The van der Waals surface area contributed by atoms with E-state index in [2.05, 4.69) is 15.0 Å². The van der Waals surface area contributed by atoms with Crippen LogP contribution in [0.1, 0.15) is 19.4 Å². The van der Waals surface area contributed by atoms with Crippen LogP contribution in [0.2, 0.25) is 0 Å². The van der Waals surface area contributed by atoms with Gasteiger partial charge in [0, 0.05) is 13.2 Å². The van der Waals surface area contributed by atoms with Gasteiger partial charge in [0.05, 0.1) is 24.2 Å². The molecule has 29 heavy (non-hydrogen) atoms. The Morgan fingerprint density at radius 2 is 1.83 bits per heavy atom. The zero-order chi connectivity index (χ0) is 21.5. The lowest BCUT2D eigenvalue weighted by Gasteiger charge is -2.25. The topological polar surface area (TPSA) is 107 Å². The highest BCUT2D eigenvalue weighted by atomic mass is 32.2. The number of carbonyl (C=O) groups is 1. The number of carbonyl (C=O) groups excluding carboxylic acids is 1. The molecule has 0 aliphatic heterocycles. The molecule has 0 fully saturated rings. The molecule has 0 atom stereocenters. The minimum absolute atomic E-state index is 0.345. The predicted molar refractivity (Wildman–Crippen MR) is 106 cm³/mol. The highest BCUT2D eigenvalue weighted by molar-refractivity contribution is 7.88. The number of hydrogen-bond donors (Lipinski definition) is 2. The molecule has 1 aromatic heterocycles. The van der Waals surface area contributed by atoms with Crippen LogP contribution in [-0.4, -0.2) is 45.2 Å². The molecule has 1 aromatic carbocycles. The van der Waals surface area contributed by atoms with Gasteiger partial charge in [0.1, 0.15) is 18.0 Å². The molecule has 1 amide bonds. The van der Waals surface area contributed by atoms with Gasteiger partial charge in [-0.15, -0.1) is 0 Å². The van der Waals surface area contributed by atoms with E-state index in [1.54, 1.807) is 19.2 Å². The molecule has 0 aliphatic carbocycles. The number of nitrogens with zero attached hydrogens (tertiary/aromatic N) is 1. The summed E-state index contributed by atoms with van der Waals surface area (Å²) in [5.41, 5.74) is -0.629. The summed E-state index contributed by atoms with van der Waals surface area (Å²) in [7, 11) is -2.28. The van der Waals surface area contributed by atoms with Gasteiger partial charge in [0.2, 0.25) is 21.8 Å². The van der Waals surface area contributed by atoms with Crippen LogP contribution in [0, 0.1) is 5.82 Å². The third kappa shape index (κ3) is 7.41. The fraction of sp³-hybridized carbons (Fsp3) is 0.368. The van der Waals surface area contributed by atoms with Crippen molar-refractivity contribution in [2.24, 2.45) is 0 Å². The Bertz CT molecular complexity index is 916. The Labute approximate surface area is 169 Å². The molecule has 0 unspecified atom stereocenters. The lowest BCUT2D eigenvalue weighted by Crippen LogP contribution is -2.52. The molecule has 0 bridgehead atoms. The van der Waals surface area contributed by atoms with Crippen LogP contribution in [0.4, 0.5) is 10.1 Å². The smallest absolute Gasteiger partial charge is 0.245 e. The van der Waals surface area contributed by atoms with Gasteiger partial charge in [-0.2, -0.15) is 4.72 Å². The summed E-state index contributed by atoms with van der Waals surface area (Å²) >= 11 is 0. The van der Waals surface area contributed by atoms with Crippen LogP contribution in [-0.2, 0) is 25.3 Å². The van der Waals surface area contributed by atoms with Crippen LogP contribution in [0.3, 0.4) is 0 Å². The van der Waals surface area contributed by atoms with E-state index in [1.165, 1.54) is 44.3 Å². The van der Waals surface area contributed by atoms with Gasteiger partial charge in [-0.25, -0.2) is 17.8 Å². The highest BCUT2D eigenvalue weighted by Crippen LogP contribution is 2.16. The first kappa shape index (κ1) is 22.7. The molecule has 0 aliphatic rings. The third-order valence-electron chi connectivity index (χ3n) is 3.78. The molecule has 1 heterocycles. The maximum atomic E-state index is 13.0. The van der Waals surface area contributed by atoms with Crippen molar-refractivity contribution in [3.63, 3.8) is 0 Å². The van der Waals surface area contributed by atoms with Gasteiger partial charge in [-0.1, -0.05) is 12.1 Å². The normalized spacial score (nSPS) is 11.9. The Morgan fingerprint density at radius 3 is 2.41 bits per heavy atom. The van der Waals surface area contributed by atoms with Crippen LogP contribution in [0.5, 0.6) is 5.88 Å². The Balaban J connectivity index is 1.96. The van der Waals surface area contributed by atoms with E-state index in [1.807, 2.05) is 0 Å². The lowest BCUT2D eigenvalue weighted by atomic mass is 10.1. The second kappa shape index (κ2) is 9.77. The van der Waals surface area contributed by atoms with E-state index in [-0.39, 0.29) is 5.75 Å². The number of amides is 1. The number of halogens is 1. The highest BCUT2D eigenvalue weighted by Gasteiger charge is 2.32. The SMILES string of the molecule is COCCOc1ccc(NC(=O)C(C)(C)NS(=O)(=O)Cc2ccc(F)cc2)cn1. The molecule has 0 radical (unpaired) electrons. The van der Waals surface area contributed by atoms with Crippen LogP contribution >= 0.6 is 0 Å². The number of ether oxygens (including phenoxy) is 2. The fourth-order valence-electron chi connectivity index (χ4n) is 2.33. The molecule has 158 valence electrons. The van der Waals surface area contributed by atoms with E-state index in [0.29, 0.717) is 30.3 Å². The number of hydrogen-bond acceptors (Lipinski definition) is 6. The first-order chi connectivity index (χ1) is 13.6. The average Bonchev–Trinajstić information content (AvgIpc) is 2.64. The monoisotopic (exact) mass is 425 g/mol. The van der Waals surface area contributed by atoms with E-state index in [9.17, 15) is 17.6 Å². The zero-order valence-electron chi connectivity index (χ0n) is 16.4. The van der Waals surface area contributed by atoms with Crippen molar-refractivity contribution in [2.75, 3.05) is 25.6 Å². The molecular weight excluding hydrogens is 401 g/mol. The summed E-state index contributed by atoms with van der Waals surface area (Å²) in [6.45, 7) is 3.66. The quantitative estimate of drug-likeness (QED) is 0.565. The third-order valence-corrected chi connectivity index (χ3v) is 5.31. The average molecular weight is 425 g/mol. The molecule has 2 rings (SSSR count). The number of rotatable bonds is 10. The van der Waals surface area contributed by atoms with E-state index >= 15 is 0 Å². The lowest BCUT2D eigenvalue weighted by molar-refractivity contribution is -0.120. The summed E-state index contributed by atoms with van der Waals surface area (Å²) < 4.78 is 50.4. The number of anilines is 1. The number of pyridine rings is 1. The van der Waals surface area contributed by atoms with Crippen molar-refractivity contribution in [1.29, 1.82) is 0 Å².